The van der Waals surface area contributed by atoms with Gasteiger partial charge in [0.25, 0.3) is 11.8 Å². The predicted octanol–water partition coefficient (Wildman–Crippen LogP) is 2.01. The summed E-state index contributed by atoms with van der Waals surface area (Å²) in [6.07, 6.45) is 0. The maximum Gasteiger partial charge on any atom is 0.269 e. The van der Waals surface area contributed by atoms with Gasteiger partial charge in [-0.05, 0) is 55.5 Å². The van der Waals surface area contributed by atoms with E-state index >= 15 is 0 Å². The first-order valence-corrected chi connectivity index (χ1v) is 8.03. The number of hydrazine groups is 1. The molecule has 0 atom stereocenters. The molecule has 2 rings (SSSR count). The van der Waals surface area contributed by atoms with Gasteiger partial charge in [-0.1, -0.05) is 17.7 Å². The SMILES string of the molecule is Cc1ccc(C(=O)NC(=S)NNC(=O)c2ccc(N(C)C)cc2)cc1. The van der Waals surface area contributed by atoms with Gasteiger partial charge in [-0.25, -0.2) is 0 Å². The van der Waals surface area contributed by atoms with Crippen molar-refractivity contribution in [2.75, 3.05) is 19.0 Å². The number of anilines is 1. The van der Waals surface area contributed by atoms with Gasteiger partial charge in [-0.15, -0.1) is 0 Å². The summed E-state index contributed by atoms with van der Waals surface area (Å²) in [4.78, 5) is 26.0. The molecule has 6 nitrogen and oxygen atoms in total. The highest BCUT2D eigenvalue weighted by Crippen LogP contribution is 2.11. The Kier molecular flexibility index (Phi) is 6.08. The Labute approximate surface area is 152 Å². The Balaban J connectivity index is 1.85. The largest absolute Gasteiger partial charge is 0.378 e. The van der Waals surface area contributed by atoms with E-state index in [1.54, 1.807) is 24.3 Å². The average Bonchev–Trinajstić information content (AvgIpc) is 2.60. The van der Waals surface area contributed by atoms with Gasteiger partial charge in [-0.2, -0.15) is 0 Å². The summed E-state index contributed by atoms with van der Waals surface area (Å²) in [6, 6.07) is 14.2. The Morgan fingerprint density at radius 2 is 1.36 bits per heavy atom. The van der Waals surface area contributed by atoms with E-state index in [0.29, 0.717) is 11.1 Å². The van der Waals surface area contributed by atoms with Crippen molar-refractivity contribution in [1.29, 1.82) is 0 Å². The Morgan fingerprint density at radius 1 is 0.840 bits per heavy atom. The molecule has 7 heteroatoms. The number of thiocarbonyl (C=S) groups is 1. The topological polar surface area (TPSA) is 73.5 Å². The Bertz CT molecular complexity index is 771. The van der Waals surface area contributed by atoms with Gasteiger partial charge in [0, 0.05) is 30.9 Å². The van der Waals surface area contributed by atoms with Gasteiger partial charge < -0.3 is 4.90 Å². The molecule has 3 N–H and O–H groups in total. The number of aryl methyl sites for hydroxylation is 1. The lowest BCUT2D eigenvalue weighted by atomic mass is 10.1. The van der Waals surface area contributed by atoms with Crippen molar-refractivity contribution in [3.05, 3.63) is 65.2 Å². The maximum absolute atomic E-state index is 12.1. The third-order valence-corrected chi connectivity index (χ3v) is 3.68. The van der Waals surface area contributed by atoms with Crippen LogP contribution in [0.15, 0.2) is 48.5 Å². The zero-order chi connectivity index (χ0) is 18.4. The van der Waals surface area contributed by atoms with Crippen LogP contribution in [0.5, 0.6) is 0 Å². The number of hydrogen-bond acceptors (Lipinski definition) is 4. The fourth-order valence-electron chi connectivity index (χ4n) is 2.01. The van der Waals surface area contributed by atoms with Crippen molar-refractivity contribution in [3.8, 4) is 0 Å². The molecule has 0 aliphatic heterocycles. The first-order valence-electron chi connectivity index (χ1n) is 7.62. The van der Waals surface area contributed by atoms with Crippen LogP contribution in [-0.2, 0) is 0 Å². The summed E-state index contributed by atoms with van der Waals surface area (Å²) in [5.41, 5.74) is 7.99. The zero-order valence-corrected chi connectivity index (χ0v) is 15.1. The van der Waals surface area contributed by atoms with E-state index in [1.165, 1.54) is 0 Å². The van der Waals surface area contributed by atoms with Crippen molar-refractivity contribution in [1.82, 2.24) is 16.2 Å². The quantitative estimate of drug-likeness (QED) is 0.580. The van der Waals surface area contributed by atoms with E-state index in [9.17, 15) is 9.59 Å². The first-order chi connectivity index (χ1) is 11.9. The van der Waals surface area contributed by atoms with Gasteiger partial charge in [0.1, 0.15) is 0 Å². The van der Waals surface area contributed by atoms with Crippen LogP contribution in [0.1, 0.15) is 26.3 Å². The lowest BCUT2D eigenvalue weighted by molar-refractivity contribution is 0.0934. The van der Waals surface area contributed by atoms with Gasteiger partial charge in [0.05, 0.1) is 0 Å². The lowest BCUT2D eigenvalue weighted by Crippen LogP contribution is -2.48. The standard InChI is InChI=1S/C18H20N4O2S/c1-12-4-6-13(7-5-12)16(23)19-18(25)21-20-17(24)14-8-10-15(11-9-14)22(2)3/h4-11H,1-3H3,(H,20,24)(H2,19,21,23,25). The number of benzene rings is 2. The van der Waals surface area contributed by atoms with Crippen LogP contribution in [-0.4, -0.2) is 31.0 Å². The molecular formula is C18H20N4O2S. The molecule has 0 fully saturated rings. The third kappa shape index (κ3) is 5.29. The van der Waals surface area contributed by atoms with E-state index < -0.39 is 0 Å². The average molecular weight is 356 g/mol. The van der Waals surface area contributed by atoms with Crippen LogP contribution in [0, 0.1) is 6.92 Å². The van der Waals surface area contributed by atoms with Crippen LogP contribution in [0.25, 0.3) is 0 Å². The monoisotopic (exact) mass is 356 g/mol. The summed E-state index contributed by atoms with van der Waals surface area (Å²) < 4.78 is 0. The molecule has 25 heavy (non-hydrogen) atoms. The van der Waals surface area contributed by atoms with Crippen LogP contribution in [0.4, 0.5) is 5.69 Å². The normalized spacial score (nSPS) is 9.88. The van der Waals surface area contributed by atoms with Gasteiger partial charge >= 0.3 is 0 Å². The van der Waals surface area contributed by atoms with Crippen molar-refractivity contribution in [3.63, 3.8) is 0 Å². The summed E-state index contributed by atoms with van der Waals surface area (Å²) in [5.74, 6) is -0.695. The highest BCUT2D eigenvalue weighted by molar-refractivity contribution is 7.80. The first kappa shape index (κ1) is 18.4. The van der Waals surface area contributed by atoms with Crippen LogP contribution in [0.2, 0.25) is 0 Å². The van der Waals surface area contributed by atoms with Crippen molar-refractivity contribution >= 4 is 34.8 Å². The number of carbonyl (C=O) groups is 2. The molecule has 0 saturated heterocycles. The molecule has 0 radical (unpaired) electrons. The number of nitrogens with zero attached hydrogens (tertiary/aromatic N) is 1. The number of hydrogen-bond donors (Lipinski definition) is 3. The summed E-state index contributed by atoms with van der Waals surface area (Å²) in [5, 5.41) is 2.52. The third-order valence-electron chi connectivity index (χ3n) is 3.48. The number of carbonyl (C=O) groups excluding carboxylic acids is 2. The molecule has 0 bridgehead atoms. The highest BCUT2D eigenvalue weighted by atomic mass is 32.1. The molecule has 0 aromatic heterocycles. The summed E-state index contributed by atoms with van der Waals surface area (Å²) in [7, 11) is 3.84. The molecule has 0 unspecified atom stereocenters. The molecule has 2 aromatic rings. The van der Waals surface area contributed by atoms with Crippen LogP contribution in [0.3, 0.4) is 0 Å². The lowest BCUT2D eigenvalue weighted by Gasteiger charge is -2.13. The van der Waals surface area contributed by atoms with Crippen molar-refractivity contribution in [2.45, 2.75) is 6.92 Å². The van der Waals surface area contributed by atoms with Gasteiger partial charge in [0.15, 0.2) is 5.11 Å². The Hall–Kier alpha value is -2.93. The summed E-state index contributed by atoms with van der Waals surface area (Å²) in [6.45, 7) is 1.94. The van der Waals surface area contributed by atoms with Gasteiger partial charge in [0.2, 0.25) is 0 Å². The summed E-state index contributed by atoms with van der Waals surface area (Å²) >= 11 is 5.01. The molecule has 0 aliphatic carbocycles. The molecule has 0 spiro atoms. The predicted molar refractivity (Wildman–Crippen MR) is 103 cm³/mol. The second kappa shape index (κ2) is 8.25. The number of nitrogens with one attached hydrogen (secondary N) is 3. The van der Waals surface area contributed by atoms with Crippen molar-refractivity contribution in [2.24, 2.45) is 0 Å². The highest BCUT2D eigenvalue weighted by Gasteiger charge is 2.09. The molecule has 2 amide bonds. The van der Waals surface area contributed by atoms with E-state index in [2.05, 4.69) is 16.2 Å². The minimum atomic E-state index is -0.350. The second-order valence-corrected chi connectivity index (χ2v) is 6.08. The minimum absolute atomic E-state index is 0.0174. The van der Waals surface area contributed by atoms with Crippen molar-refractivity contribution < 1.29 is 9.59 Å². The molecular weight excluding hydrogens is 336 g/mol. The van der Waals surface area contributed by atoms with Crippen LogP contribution >= 0.6 is 12.2 Å². The number of rotatable bonds is 3. The Morgan fingerprint density at radius 3 is 1.92 bits per heavy atom. The fraction of sp³-hybridized carbons (Fsp3) is 0.167. The van der Waals surface area contributed by atoms with E-state index in [0.717, 1.165) is 11.3 Å². The molecule has 130 valence electrons. The molecule has 0 heterocycles. The van der Waals surface area contributed by atoms with E-state index in [-0.39, 0.29) is 16.9 Å². The molecule has 0 aliphatic rings. The zero-order valence-electron chi connectivity index (χ0n) is 14.3. The van der Waals surface area contributed by atoms with E-state index in [1.807, 2.05) is 50.2 Å². The van der Waals surface area contributed by atoms with Gasteiger partial charge in [-0.3, -0.25) is 25.8 Å². The molecule has 0 saturated carbocycles. The van der Waals surface area contributed by atoms with Crippen LogP contribution < -0.4 is 21.1 Å². The number of amides is 2. The molecule has 2 aromatic carbocycles. The maximum atomic E-state index is 12.1. The minimum Gasteiger partial charge on any atom is -0.378 e. The smallest absolute Gasteiger partial charge is 0.269 e. The fourth-order valence-corrected chi connectivity index (χ4v) is 2.15. The van der Waals surface area contributed by atoms with E-state index in [4.69, 9.17) is 12.2 Å². The second-order valence-electron chi connectivity index (χ2n) is 5.67.